The molecular formula is C21H20N4O2S2. The number of anilines is 1. The first-order valence-electron chi connectivity index (χ1n) is 9.54. The Morgan fingerprint density at radius 2 is 2.03 bits per heavy atom. The first kappa shape index (κ1) is 19.6. The third-order valence-corrected chi connectivity index (χ3v) is 7.17. The summed E-state index contributed by atoms with van der Waals surface area (Å²) in [4.78, 5) is 28.1. The summed E-state index contributed by atoms with van der Waals surface area (Å²) in [5.41, 5.74) is 1.98. The van der Waals surface area contributed by atoms with E-state index < -0.39 is 0 Å². The standard InChI is InChI=1S/C21H20N4O2S2/c1-13-7-9-18(28-13)16-8-10-20(27)25(24-16)12-19(26)23-21-15(11-22)14-5-3-2-4-6-17(14)29-21/h7-10H,2-6,12H2,1H3,(H,23,26). The topological polar surface area (TPSA) is 87.8 Å². The highest BCUT2D eigenvalue weighted by Crippen LogP contribution is 2.37. The molecule has 0 aliphatic heterocycles. The molecule has 0 fully saturated rings. The Hall–Kier alpha value is -2.76. The van der Waals surface area contributed by atoms with E-state index in [-0.39, 0.29) is 18.0 Å². The monoisotopic (exact) mass is 424 g/mol. The molecule has 0 radical (unpaired) electrons. The predicted octanol–water partition coefficient (Wildman–Crippen LogP) is 4.12. The van der Waals surface area contributed by atoms with Gasteiger partial charge in [0.05, 0.1) is 10.4 Å². The first-order valence-corrected chi connectivity index (χ1v) is 11.2. The second kappa shape index (κ2) is 8.31. The highest BCUT2D eigenvalue weighted by molar-refractivity contribution is 7.16. The molecule has 1 aliphatic carbocycles. The van der Waals surface area contributed by atoms with Crippen LogP contribution in [0.1, 0.15) is 40.1 Å². The number of fused-ring (bicyclic) bond motifs is 1. The van der Waals surface area contributed by atoms with Crippen molar-refractivity contribution in [2.75, 3.05) is 5.32 Å². The van der Waals surface area contributed by atoms with Gasteiger partial charge in [-0.05, 0) is 56.4 Å². The number of hydrogen-bond acceptors (Lipinski definition) is 6. The van der Waals surface area contributed by atoms with Gasteiger partial charge in [0.15, 0.2) is 0 Å². The van der Waals surface area contributed by atoms with Gasteiger partial charge in [-0.1, -0.05) is 6.42 Å². The van der Waals surface area contributed by atoms with Gasteiger partial charge in [0, 0.05) is 15.8 Å². The van der Waals surface area contributed by atoms with Crippen LogP contribution in [0.4, 0.5) is 5.00 Å². The summed E-state index contributed by atoms with van der Waals surface area (Å²) in [5.74, 6) is -0.355. The zero-order chi connectivity index (χ0) is 20.4. The van der Waals surface area contributed by atoms with Crippen LogP contribution >= 0.6 is 22.7 Å². The number of aromatic nitrogens is 2. The molecule has 1 aliphatic rings. The lowest BCUT2D eigenvalue weighted by Crippen LogP contribution is -2.29. The fourth-order valence-corrected chi connectivity index (χ4v) is 5.61. The van der Waals surface area contributed by atoms with Gasteiger partial charge in [-0.2, -0.15) is 10.4 Å². The SMILES string of the molecule is Cc1ccc(-c2ccc(=O)n(CC(=O)Nc3sc4c(c3C#N)CCCCC4)n2)s1. The number of rotatable bonds is 4. The number of nitriles is 1. The molecule has 4 rings (SSSR count). The number of carbonyl (C=O) groups excluding carboxylic acids is 1. The van der Waals surface area contributed by atoms with E-state index in [0.29, 0.717) is 16.3 Å². The molecule has 6 nitrogen and oxygen atoms in total. The minimum absolute atomic E-state index is 0.190. The van der Waals surface area contributed by atoms with Gasteiger partial charge >= 0.3 is 0 Å². The summed E-state index contributed by atoms with van der Waals surface area (Å²) >= 11 is 3.07. The maximum Gasteiger partial charge on any atom is 0.267 e. The summed E-state index contributed by atoms with van der Waals surface area (Å²) in [6.45, 7) is 1.82. The minimum atomic E-state index is -0.355. The summed E-state index contributed by atoms with van der Waals surface area (Å²) in [7, 11) is 0. The predicted molar refractivity (Wildman–Crippen MR) is 115 cm³/mol. The van der Waals surface area contributed by atoms with E-state index in [1.54, 1.807) is 17.4 Å². The molecule has 148 valence electrons. The van der Waals surface area contributed by atoms with Crippen molar-refractivity contribution in [3.05, 3.63) is 55.5 Å². The Morgan fingerprint density at radius 1 is 1.21 bits per heavy atom. The highest BCUT2D eigenvalue weighted by Gasteiger charge is 2.21. The van der Waals surface area contributed by atoms with Crippen molar-refractivity contribution in [2.24, 2.45) is 0 Å². The van der Waals surface area contributed by atoms with Crippen LogP contribution in [0.15, 0.2) is 29.1 Å². The van der Waals surface area contributed by atoms with Crippen molar-refractivity contribution >= 4 is 33.6 Å². The molecular weight excluding hydrogens is 404 g/mol. The van der Waals surface area contributed by atoms with Crippen LogP contribution in [0.5, 0.6) is 0 Å². The van der Waals surface area contributed by atoms with Gasteiger partial charge in [0.1, 0.15) is 23.3 Å². The average molecular weight is 425 g/mol. The molecule has 0 spiro atoms. The van der Waals surface area contributed by atoms with Crippen molar-refractivity contribution in [2.45, 2.75) is 45.6 Å². The minimum Gasteiger partial charge on any atom is -0.315 e. The van der Waals surface area contributed by atoms with Crippen molar-refractivity contribution in [1.82, 2.24) is 9.78 Å². The van der Waals surface area contributed by atoms with Gasteiger partial charge in [-0.3, -0.25) is 9.59 Å². The Balaban J connectivity index is 1.55. The normalized spacial score (nSPS) is 13.4. The van der Waals surface area contributed by atoms with Crippen molar-refractivity contribution in [1.29, 1.82) is 5.26 Å². The van der Waals surface area contributed by atoms with Crippen LogP contribution < -0.4 is 10.9 Å². The van der Waals surface area contributed by atoms with Gasteiger partial charge < -0.3 is 5.32 Å². The number of carbonyl (C=O) groups is 1. The lowest BCUT2D eigenvalue weighted by Gasteiger charge is -2.07. The quantitative estimate of drug-likeness (QED) is 0.638. The van der Waals surface area contributed by atoms with E-state index >= 15 is 0 Å². The van der Waals surface area contributed by atoms with Gasteiger partial charge in [-0.25, -0.2) is 4.68 Å². The van der Waals surface area contributed by atoms with Crippen molar-refractivity contribution in [3.8, 4) is 16.6 Å². The van der Waals surface area contributed by atoms with Gasteiger partial charge in [0.2, 0.25) is 5.91 Å². The second-order valence-electron chi connectivity index (χ2n) is 7.05. The Bertz CT molecular complexity index is 1170. The molecule has 29 heavy (non-hydrogen) atoms. The molecule has 3 aromatic rings. The third kappa shape index (κ3) is 4.16. The molecule has 0 aromatic carbocycles. The van der Waals surface area contributed by atoms with Crippen LogP contribution in [0, 0.1) is 18.3 Å². The Labute approximate surface area is 176 Å². The molecule has 1 amide bonds. The van der Waals surface area contributed by atoms with Crippen LogP contribution in [-0.4, -0.2) is 15.7 Å². The zero-order valence-electron chi connectivity index (χ0n) is 16.0. The maximum atomic E-state index is 12.6. The van der Waals surface area contributed by atoms with E-state index in [1.165, 1.54) is 33.4 Å². The number of nitrogens with zero attached hydrogens (tertiary/aromatic N) is 3. The number of thiophene rings is 2. The summed E-state index contributed by atoms with van der Waals surface area (Å²) in [5, 5.41) is 17.4. The number of aryl methyl sites for hydroxylation is 2. The van der Waals surface area contributed by atoms with Crippen molar-refractivity contribution in [3.63, 3.8) is 0 Å². The smallest absolute Gasteiger partial charge is 0.267 e. The molecule has 3 heterocycles. The summed E-state index contributed by atoms with van der Waals surface area (Å²) < 4.78 is 1.17. The average Bonchev–Trinajstić information content (AvgIpc) is 3.19. The fourth-order valence-electron chi connectivity index (χ4n) is 3.52. The van der Waals surface area contributed by atoms with Crippen LogP contribution in [0.25, 0.3) is 10.6 Å². The van der Waals surface area contributed by atoms with Crippen LogP contribution in [0.2, 0.25) is 0 Å². The third-order valence-electron chi connectivity index (χ3n) is 4.94. The number of hydrogen-bond donors (Lipinski definition) is 1. The zero-order valence-corrected chi connectivity index (χ0v) is 17.7. The Kier molecular flexibility index (Phi) is 5.60. The lowest BCUT2D eigenvalue weighted by molar-refractivity contribution is -0.116. The number of nitrogens with one attached hydrogen (secondary N) is 1. The maximum absolute atomic E-state index is 12.6. The van der Waals surface area contributed by atoms with Crippen LogP contribution in [-0.2, 0) is 24.2 Å². The van der Waals surface area contributed by atoms with E-state index in [2.05, 4.69) is 16.5 Å². The summed E-state index contributed by atoms with van der Waals surface area (Å²) in [6, 6.07) is 9.31. The van der Waals surface area contributed by atoms with E-state index in [4.69, 9.17) is 0 Å². The van der Waals surface area contributed by atoms with Crippen LogP contribution in [0.3, 0.4) is 0 Å². The fraction of sp³-hybridized carbons (Fsp3) is 0.333. The lowest BCUT2D eigenvalue weighted by atomic mass is 10.1. The second-order valence-corrected chi connectivity index (χ2v) is 9.45. The largest absolute Gasteiger partial charge is 0.315 e. The summed E-state index contributed by atoms with van der Waals surface area (Å²) in [6.07, 6.45) is 5.19. The number of amides is 1. The van der Waals surface area contributed by atoms with Gasteiger partial charge in [-0.15, -0.1) is 22.7 Å². The van der Waals surface area contributed by atoms with E-state index in [9.17, 15) is 14.9 Å². The molecule has 0 bridgehead atoms. The molecule has 0 saturated carbocycles. The van der Waals surface area contributed by atoms with Gasteiger partial charge in [0.25, 0.3) is 5.56 Å². The van der Waals surface area contributed by atoms with Crippen molar-refractivity contribution < 1.29 is 4.79 Å². The molecule has 1 N–H and O–H groups in total. The van der Waals surface area contributed by atoms with E-state index in [1.807, 2.05) is 19.1 Å². The molecule has 8 heteroatoms. The first-order chi connectivity index (χ1) is 14.0. The molecule has 0 saturated heterocycles. The van der Waals surface area contributed by atoms with E-state index in [0.717, 1.165) is 41.0 Å². The molecule has 3 aromatic heterocycles. The Morgan fingerprint density at radius 3 is 2.79 bits per heavy atom. The molecule has 0 atom stereocenters. The highest BCUT2D eigenvalue weighted by atomic mass is 32.1. The molecule has 0 unspecified atom stereocenters.